The Morgan fingerprint density at radius 1 is 1.12 bits per heavy atom. The average molecular weight is 388 g/mol. The standard InChI is InChI=1S/C19H18BrNO3/c1-12-11-16(19(23)24-2)15-5-3-4-6-17(15)21(12)18(22)13-7-9-14(20)10-8-13/h3-10,12,16H,11H2,1-2H3. The first-order valence-electron chi connectivity index (χ1n) is 7.78. The van der Waals surface area contributed by atoms with E-state index in [4.69, 9.17) is 4.74 Å². The maximum Gasteiger partial charge on any atom is 0.313 e. The van der Waals surface area contributed by atoms with Gasteiger partial charge in [-0.25, -0.2) is 0 Å². The van der Waals surface area contributed by atoms with E-state index in [2.05, 4.69) is 15.9 Å². The van der Waals surface area contributed by atoms with Crippen LogP contribution in [0, 0.1) is 0 Å². The number of amides is 1. The van der Waals surface area contributed by atoms with Gasteiger partial charge in [-0.15, -0.1) is 0 Å². The van der Waals surface area contributed by atoms with Crippen LogP contribution in [0.5, 0.6) is 0 Å². The third-order valence-corrected chi connectivity index (χ3v) is 4.91. The molecule has 5 heteroatoms. The second-order valence-corrected chi connectivity index (χ2v) is 6.82. The fraction of sp³-hybridized carbons (Fsp3) is 0.263. The highest BCUT2D eigenvalue weighted by Crippen LogP contribution is 2.39. The maximum atomic E-state index is 13.0. The molecule has 4 nitrogen and oxygen atoms in total. The van der Waals surface area contributed by atoms with Crippen molar-refractivity contribution in [2.75, 3.05) is 12.0 Å². The third kappa shape index (κ3) is 2.96. The number of para-hydroxylation sites is 1. The van der Waals surface area contributed by atoms with Crippen LogP contribution in [0.15, 0.2) is 53.0 Å². The molecule has 0 saturated carbocycles. The van der Waals surface area contributed by atoms with Gasteiger partial charge in [-0.05, 0) is 49.2 Å². The molecule has 2 aromatic rings. The molecule has 0 aliphatic carbocycles. The largest absolute Gasteiger partial charge is 0.469 e. The molecule has 124 valence electrons. The smallest absolute Gasteiger partial charge is 0.313 e. The van der Waals surface area contributed by atoms with E-state index in [1.54, 1.807) is 17.0 Å². The van der Waals surface area contributed by atoms with Gasteiger partial charge in [-0.2, -0.15) is 0 Å². The molecule has 0 N–H and O–H groups in total. The van der Waals surface area contributed by atoms with Gasteiger partial charge in [-0.3, -0.25) is 9.59 Å². The molecule has 1 heterocycles. The van der Waals surface area contributed by atoms with Gasteiger partial charge in [0.25, 0.3) is 5.91 Å². The van der Waals surface area contributed by atoms with Gasteiger partial charge in [0.15, 0.2) is 0 Å². The highest BCUT2D eigenvalue weighted by Gasteiger charge is 2.37. The maximum absolute atomic E-state index is 13.0. The zero-order chi connectivity index (χ0) is 17.3. The van der Waals surface area contributed by atoms with Crippen molar-refractivity contribution >= 4 is 33.5 Å². The van der Waals surface area contributed by atoms with E-state index < -0.39 is 0 Å². The van der Waals surface area contributed by atoms with Gasteiger partial charge >= 0.3 is 5.97 Å². The van der Waals surface area contributed by atoms with Crippen molar-refractivity contribution in [3.8, 4) is 0 Å². The third-order valence-electron chi connectivity index (χ3n) is 4.38. The molecule has 0 fully saturated rings. The van der Waals surface area contributed by atoms with Crippen LogP contribution in [-0.2, 0) is 9.53 Å². The lowest BCUT2D eigenvalue weighted by Crippen LogP contribution is -2.44. The topological polar surface area (TPSA) is 46.6 Å². The first-order chi connectivity index (χ1) is 11.5. The first-order valence-corrected chi connectivity index (χ1v) is 8.58. The van der Waals surface area contributed by atoms with Crippen molar-refractivity contribution in [2.24, 2.45) is 0 Å². The van der Waals surface area contributed by atoms with Crippen molar-refractivity contribution in [1.82, 2.24) is 0 Å². The fourth-order valence-electron chi connectivity index (χ4n) is 3.22. The first kappa shape index (κ1) is 16.7. The summed E-state index contributed by atoms with van der Waals surface area (Å²) in [5.74, 6) is -0.661. The van der Waals surface area contributed by atoms with Crippen molar-refractivity contribution in [3.05, 3.63) is 64.1 Å². The molecule has 1 aliphatic heterocycles. The SMILES string of the molecule is COC(=O)C1CC(C)N(C(=O)c2ccc(Br)cc2)c2ccccc21. The van der Waals surface area contributed by atoms with Crippen LogP contribution in [0.2, 0.25) is 0 Å². The van der Waals surface area contributed by atoms with Crippen LogP contribution in [0.25, 0.3) is 0 Å². The van der Waals surface area contributed by atoms with E-state index in [1.807, 2.05) is 43.3 Å². The molecule has 0 aromatic heterocycles. The summed E-state index contributed by atoms with van der Waals surface area (Å²) in [5, 5.41) is 0. The number of ether oxygens (including phenoxy) is 1. The molecule has 2 unspecified atom stereocenters. The van der Waals surface area contributed by atoms with Crippen molar-refractivity contribution in [3.63, 3.8) is 0 Å². The van der Waals surface area contributed by atoms with E-state index in [-0.39, 0.29) is 23.8 Å². The van der Waals surface area contributed by atoms with E-state index >= 15 is 0 Å². The summed E-state index contributed by atoms with van der Waals surface area (Å²) in [6.07, 6.45) is 0.548. The summed E-state index contributed by atoms with van der Waals surface area (Å²) < 4.78 is 5.87. The van der Waals surface area contributed by atoms with E-state index in [9.17, 15) is 9.59 Å². The number of hydrogen-bond acceptors (Lipinski definition) is 3. The Bertz CT molecular complexity index is 772. The van der Waals surface area contributed by atoms with Gasteiger partial charge < -0.3 is 9.64 Å². The number of anilines is 1. The Labute approximate surface area is 149 Å². The average Bonchev–Trinajstić information content (AvgIpc) is 2.60. The number of nitrogens with zero attached hydrogens (tertiary/aromatic N) is 1. The Kier molecular flexibility index (Phi) is 4.71. The number of halogens is 1. The minimum absolute atomic E-state index is 0.0641. The molecule has 0 radical (unpaired) electrons. The highest BCUT2D eigenvalue weighted by atomic mass is 79.9. The lowest BCUT2D eigenvalue weighted by Gasteiger charge is -2.38. The monoisotopic (exact) mass is 387 g/mol. The summed E-state index contributed by atoms with van der Waals surface area (Å²) in [7, 11) is 1.40. The van der Waals surface area contributed by atoms with Crippen LogP contribution in [0.4, 0.5) is 5.69 Å². The lowest BCUT2D eigenvalue weighted by molar-refractivity contribution is -0.142. The Morgan fingerprint density at radius 3 is 2.46 bits per heavy atom. The minimum atomic E-state index is -0.338. The lowest BCUT2D eigenvalue weighted by atomic mass is 9.85. The van der Waals surface area contributed by atoms with E-state index in [0.717, 1.165) is 15.7 Å². The Balaban J connectivity index is 2.03. The molecule has 24 heavy (non-hydrogen) atoms. The number of esters is 1. The zero-order valence-electron chi connectivity index (χ0n) is 13.5. The van der Waals surface area contributed by atoms with Gasteiger partial charge in [0, 0.05) is 21.8 Å². The van der Waals surface area contributed by atoms with Crippen LogP contribution in [0.3, 0.4) is 0 Å². The summed E-state index contributed by atoms with van der Waals surface area (Å²) >= 11 is 3.38. The molecule has 0 bridgehead atoms. The highest BCUT2D eigenvalue weighted by molar-refractivity contribution is 9.10. The summed E-state index contributed by atoms with van der Waals surface area (Å²) in [4.78, 5) is 26.9. The summed E-state index contributed by atoms with van der Waals surface area (Å²) in [6.45, 7) is 1.96. The van der Waals surface area contributed by atoms with Crippen LogP contribution in [-0.4, -0.2) is 25.0 Å². The Hall–Kier alpha value is -2.14. The van der Waals surface area contributed by atoms with Crippen LogP contribution in [0.1, 0.15) is 35.2 Å². The number of methoxy groups -OCH3 is 1. The summed E-state index contributed by atoms with van der Waals surface area (Å²) in [5.41, 5.74) is 2.24. The number of benzene rings is 2. The van der Waals surface area contributed by atoms with Gasteiger partial charge in [0.1, 0.15) is 0 Å². The molecule has 1 aliphatic rings. The van der Waals surface area contributed by atoms with Crippen molar-refractivity contribution in [2.45, 2.75) is 25.3 Å². The van der Waals surface area contributed by atoms with Gasteiger partial charge in [-0.1, -0.05) is 34.1 Å². The number of hydrogen-bond donors (Lipinski definition) is 0. The number of carbonyl (C=O) groups excluding carboxylic acids is 2. The quantitative estimate of drug-likeness (QED) is 0.727. The Morgan fingerprint density at radius 2 is 1.79 bits per heavy atom. The minimum Gasteiger partial charge on any atom is -0.469 e. The molecule has 2 atom stereocenters. The molecular weight excluding hydrogens is 370 g/mol. The molecule has 2 aromatic carbocycles. The van der Waals surface area contributed by atoms with Crippen LogP contribution >= 0.6 is 15.9 Å². The van der Waals surface area contributed by atoms with Gasteiger partial charge in [0.2, 0.25) is 0 Å². The van der Waals surface area contributed by atoms with Gasteiger partial charge in [0.05, 0.1) is 13.0 Å². The normalized spacial score (nSPS) is 19.5. The predicted molar refractivity (Wildman–Crippen MR) is 96.2 cm³/mol. The number of fused-ring (bicyclic) bond motifs is 1. The molecule has 0 spiro atoms. The number of carbonyl (C=O) groups is 2. The van der Waals surface area contributed by atoms with Crippen molar-refractivity contribution in [1.29, 1.82) is 0 Å². The van der Waals surface area contributed by atoms with E-state index in [1.165, 1.54) is 7.11 Å². The van der Waals surface area contributed by atoms with Crippen LogP contribution < -0.4 is 4.90 Å². The molecule has 1 amide bonds. The second-order valence-electron chi connectivity index (χ2n) is 5.90. The van der Waals surface area contributed by atoms with E-state index in [0.29, 0.717) is 12.0 Å². The molecule has 3 rings (SSSR count). The fourth-order valence-corrected chi connectivity index (χ4v) is 3.48. The van der Waals surface area contributed by atoms with Crippen molar-refractivity contribution < 1.29 is 14.3 Å². The molecular formula is C19H18BrNO3. The predicted octanol–water partition coefficient (Wildman–Crippen LogP) is 4.14. The second kappa shape index (κ2) is 6.77. The molecule has 0 saturated heterocycles. The zero-order valence-corrected chi connectivity index (χ0v) is 15.1. The number of rotatable bonds is 2. The summed E-state index contributed by atoms with van der Waals surface area (Å²) in [6, 6.07) is 14.8.